The summed E-state index contributed by atoms with van der Waals surface area (Å²) < 4.78 is 4.91. The molecule has 100 valence electrons. The highest BCUT2D eigenvalue weighted by Gasteiger charge is 2.22. The third-order valence-electron chi connectivity index (χ3n) is 3.11. The van der Waals surface area contributed by atoms with Crippen molar-refractivity contribution in [3.8, 4) is 0 Å². The first kappa shape index (κ1) is 14.4. The predicted octanol–water partition coefficient (Wildman–Crippen LogP) is 0.0322. The highest BCUT2D eigenvalue weighted by molar-refractivity contribution is 5.76. The number of rotatable bonds is 7. The second-order valence-electron chi connectivity index (χ2n) is 5.01. The van der Waals surface area contributed by atoms with Crippen LogP contribution < -0.4 is 10.6 Å². The van der Waals surface area contributed by atoms with Gasteiger partial charge in [-0.15, -0.1) is 0 Å². The van der Waals surface area contributed by atoms with Gasteiger partial charge in [0.05, 0.1) is 5.60 Å². The molecule has 5 heteroatoms. The molecule has 0 spiro atoms. The molecule has 0 aromatic carbocycles. The van der Waals surface area contributed by atoms with E-state index in [0.717, 1.165) is 19.4 Å². The summed E-state index contributed by atoms with van der Waals surface area (Å²) >= 11 is 0. The number of carbonyl (C=O) groups excluding carboxylic acids is 1. The quantitative estimate of drug-likeness (QED) is 0.591. The molecule has 0 bridgehead atoms. The van der Waals surface area contributed by atoms with E-state index in [1.807, 2.05) is 0 Å². The van der Waals surface area contributed by atoms with Crippen molar-refractivity contribution in [2.45, 2.75) is 44.2 Å². The lowest BCUT2D eigenvalue weighted by Crippen LogP contribution is -2.42. The standard InChI is InChI=1S/C12H24N2O3/c1-12(16,5-7-17-2)9-14-11(15)8-10-4-3-6-13-10/h10,13,16H,3-9H2,1-2H3,(H,14,15). The largest absolute Gasteiger partial charge is 0.388 e. The van der Waals surface area contributed by atoms with Gasteiger partial charge in [-0.05, 0) is 26.3 Å². The van der Waals surface area contributed by atoms with Crippen LogP contribution in [0, 0.1) is 0 Å². The Bertz CT molecular complexity index is 238. The Morgan fingerprint density at radius 1 is 1.65 bits per heavy atom. The van der Waals surface area contributed by atoms with E-state index in [2.05, 4.69) is 10.6 Å². The van der Waals surface area contributed by atoms with E-state index in [1.54, 1.807) is 14.0 Å². The summed E-state index contributed by atoms with van der Waals surface area (Å²) in [6.45, 7) is 3.48. The smallest absolute Gasteiger partial charge is 0.221 e. The van der Waals surface area contributed by atoms with Crippen LogP contribution >= 0.6 is 0 Å². The second-order valence-corrected chi connectivity index (χ2v) is 5.01. The number of methoxy groups -OCH3 is 1. The third kappa shape index (κ3) is 6.00. The van der Waals surface area contributed by atoms with Gasteiger partial charge in [0.25, 0.3) is 0 Å². The Balaban J connectivity index is 2.17. The summed E-state index contributed by atoms with van der Waals surface area (Å²) in [6.07, 6.45) is 3.23. The maximum atomic E-state index is 11.6. The van der Waals surface area contributed by atoms with E-state index >= 15 is 0 Å². The molecule has 5 nitrogen and oxygen atoms in total. The van der Waals surface area contributed by atoms with Gasteiger partial charge in [0.1, 0.15) is 0 Å². The van der Waals surface area contributed by atoms with E-state index in [-0.39, 0.29) is 12.5 Å². The molecule has 0 radical (unpaired) electrons. The highest BCUT2D eigenvalue weighted by Crippen LogP contribution is 2.10. The van der Waals surface area contributed by atoms with Gasteiger partial charge in [0.15, 0.2) is 0 Å². The first-order chi connectivity index (χ1) is 8.03. The van der Waals surface area contributed by atoms with Gasteiger partial charge in [0.2, 0.25) is 5.91 Å². The van der Waals surface area contributed by atoms with Gasteiger partial charge in [0, 0.05) is 39.1 Å². The van der Waals surface area contributed by atoms with Gasteiger partial charge in [-0.3, -0.25) is 4.79 Å². The minimum atomic E-state index is -0.894. The minimum absolute atomic E-state index is 0.00194. The number of nitrogens with one attached hydrogen (secondary N) is 2. The van der Waals surface area contributed by atoms with Crippen molar-refractivity contribution in [2.24, 2.45) is 0 Å². The number of hydrogen-bond donors (Lipinski definition) is 3. The number of aliphatic hydroxyl groups is 1. The monoisotopic (exact) mass is 244 g/mol. The lowest BCUT2D eigenvalue weighted by molar-refractivity contribution is -0.122. The number of hydrogen-bond acceptors (Lipinski definition) is 4. The Morgan fingerprint density at radius 2 is 2.41 bits per heavy atom. The summed E-state index contributed by atoms with van der Waals surface area (Å²) in [5.74, 6) is 0.00194. The summed E-state index contributed by atoms with van der Waals surface area (Å²) in [4.78, 5) is 11.6. The van der Waals surface area contributed by atoms with Crippen molar-refractivity contribution in [3.63, 3.8) is 0 Å². The normalized spacial score (nSPS) is 23.4. The summed E-state index contributed by atoms with van der Waals surface area (Å²) in [5.41, 5.74) is -0.894. The molecule has 2 atom stereocenters. The lowest BCUT2D eigenvalue weighted by atomic mass is 10.0. The number of ether oxygens (including phenoxy) is 1. The summed E-state index contributed by atoms with van der Waals surface area (Å²) in [6, 6.07) is 0.305. The van der Waals surface area contributed by atoms with Crippen LogP contribution in [0.5, 0.6) is 0 Å². The van der Waals surface area contributed by atoms with Crippen LogP contribution in [0.4, 0.5) is 0 Å². The van der Waals surface area contributed by atoms with Gasteiger partial charge >= 0.3 is 0 Å². The van der Waals surface area contributed by atoms with E-state index in [0.29, 0.717) is 25.5 Å². The highest BCUT2D eigenvalue weighted by atomic mass is 16.5. The van der Waals surface area contributed by atoms with Crippen LogP contribution in [0.25, 0.3) is 0 Å². The Hall–Kier alpha value is -0.650. The maximum absolute atomic E-state index is 11.6. The van der Waals surface area contributed by atoms with Gasteiger partial charge in [-0.25, -0.2) is 0 Å². The van der Waals surface area contributed by atoms with E-state index in [1.165, 1.54) is 0 Å². The fourth-order valence-corrected chi connectivity index (χ4v) is 1.93. The Morgan fingerprint density at radius 3 is 3.00 bits per heavy atom. The van der Waals surface area contributed by atoms with Gasteiger partial charge in [-0.1, -0.05) is 0 Å². The lowest BCUT2D eigenvalue weighted by Gasteiger charge is -2.23. The van der Waals surface area contributed by atoms with Crippen molar-refractivity contribution in [1.29, 1.82) is 0 Å². The molecule has 1 saturated heterocycles. The van der Waals surface area contributed by atoms with Gasteiger partial charge < -0.3 is 20.5 Å². The van der Waals surface area contributed by atoms with E-state index in [9.17, 15) is 9.90 Å². The molecule has 1 fully saturated rings. The zero-order chi connectivity index (χ0) is 12.7. The zero-order valence-electron chi connectivity index (χ0n) is 10.8. The third-order valence-corrected chi connectivity index (χ3v) is 3.11. The number of amides is 1. The SMILES string of the molecule is COCCC(C)(O)CNC(=O)CC1CCCN1. The predicted molar refractivity (Wildman–Crippen MR) is 65.8 cm³/mol. The molecule has 1 aliphatic heterocycles. The fraction of sp³-hybridized carbons (Fsp3) is 0.917. The molecule has 1 amide bonds. The molecule has 0 aliphatic carbocycles. The molecular formula is C12H24N2O3. The number of carbonyl (C=O) groups is 1. The van der Waals surface area contributed by atoms with Gasteiger partial charge in [-0.2, -0.15) is 0 Å². The van der Waals surface area contributed by atoms with Crippen molar-refractivity contribution in [2.75, 3.05) is 26.8 Å². The molecule has 0 aromatic rings. The van der Waals surface area contributed by atoms with Crippen molar-refractivity contribution >= 4 is 5.91 Å². The van der Waals surface area contributed by atoms with Crippen LogP contribution in [-0.2, 0) is 9.53 Å². The summed E-state index contributed by atoms with van der Waals surface area (Å²) in [7, 11) is 1.60. The molecule has 1 aliphatic rings. The molecule has 17 heavy (non-hydrogen) atoms. The van der Waals surface area contributed by atoms with Crippen molar-refractivity contribution < 1.29 is 14.6 Å². The first-order valence-corrected chi connectivity index (χ1v) is 6.25. The second kappa shape index (κ2) is 6.93. The van der Waals surface area contributed by atoms with E-state index in [4.69, 9.17) is 4.74 Å². The molecule has 1 rings (SSSR count). The van der Waals surface area contributed by atoms with Crippen LogP contribution in [0.2, 0.25) is 0 Å². The molecular weight excluding hydrogens is 220 g/mol. The molecule has 3 N–H and O–H groups in total. The fourth-order valence-electron chi connectivity index (χ4n) is 1.93. The molecule has 0 saturated carbocycles. The Kier molecular flexibility index (Phi) is 5.88. The first-order valence-electron chi connectivity index (χ1n) is 6.25. The van der Waals surface area contributed by atoms with Crippen molar-refractivity contribution in [1.82, 2.24) is 10.6 Å². The van der Waals surface area contributed by atoms with Crippen LogP contribution in [0.15, 0.2) is 0 Å². The molecule has 1 heterocycles. The molecule has 2 unspecified atom stereocenters. The average Bonchev–Trinajstić information content (AvgIpc) is 2.77. The Labute approximate surface area is 103 Å². The van der Waals surface area contributed by atoms with E-state index < -0.39 is 5.60 Å². The van der Waals surface area contributed by atoms with Crippen LogP contribution in [0.3, 0.4) is 0 Å². The maximum Gasteiger partial charge on any atom is 0.221 e. The van der Waals surface area contributed by atoms with Crippen LogP contribution in [-0.4, -0.2) is 49.5 Å². The summed E-state index contributed by atoms with van der Waals surface area (Å²) in [5, 5.41) is 16.0. The molecule has 0 aromatic heterocycles. The zero-order valence-corrected chi connectivity index (χ0v) is 10.8. The topological polar surface area (TPSA) is 70.6 Å². The minimum Gasteiger partial charge on any atom is -0.388 e. The van der Waals surface area contributed by atoms with Crippen LogP contribution in [0.1, 0.15) is 32.6 Å². The average molecular weight is 244 g/mol. The van der Waals surface area contributed by atoms with Crippen molar-refractivity contribution in [3.05, 3.63) is 0 Å².